The van der Waals surface area contributed by atoms with E-state index < -0.39 is 5.97 Å². The molecule has 0 spiro atoms. The number of benzene rings is 3. The molecule has 0 saturated carbocycles. The quantitative estimate of drug-likeness (QED) is 0.313. The van der Waals surface area contributed by atoms with Crippen molar-refractivity contribution in [3.8, 4) is 5.75 Å². The van der Waals surface area contributed by atoms with Gasteiger partial charge in [0.1, 0.15) is 5.75 Å². The molecule has 0 bridgehead atoms. The Balaban J connectivity index is 1.79. The Hall–Kier alpha value is -2.92. The van der Waals surface area contributed by atoms with Crippen molar-refractivity contribution in [3.05, 3.63) is 94.0 Å². The molecule has 0 heterocycles. The molecule has 3 aromatic rings. The zero-order chi connectivity index (χ0) is 19.2. The summed E-state index contributed by atoms with van der Waals surface area (Å²) in [5.74, 6) is 0.0173. The van der Waals surface area contributed by atoms with E-state index in [0.29, 0.717) is 28.0 Å². The van der Waals surface area contributed by atoms with Crippen molar-refractivity contribution in [2.24, 2.45) is 0 Å². The molecule has 0 aliphatic rings. The number of carbonyl (C=O) groups excluding carboxylic acids is 2. The molecule has 136 valence electrons. The predicted octanol–water partition coefficient (Wildman–Crippen LogP) is 5.14. The Morgan fingerprint density at radius 3 is 2.41 bits per heavy atom. The number of esters is 1. The van der Waals surface area contributed by atoms with E-state index >= 15 is 0 Å². The van der Waals surface area contributed by atoms with E-state index in [9.17, 15) is 9.59 Å². The van der Waals surface area contributed by atoms with Gasteiger partial charge < -0.3 is 9.64 Å². The van der Waals surface area contributed by atoms with Crippen molar-refractivity contribution in [2.75, 3.05) is 4.90 Å². The summed E-state index contributed by atoms with van der Waals surface area (Å²) in [7, 11) is 0. The molecule has 0 aromatic heterocycles. The maximum Gasteiger partial charge on any atom is 0.344 e. The third-order valence-corrected chi connectivity index (χ3v) is 4.84. The average molecular weight is 424 g/mol. The topological polar surface area (TPSA) is 46.6 Å². The third kappa shape index (κ3) is 4.63. The maximum atomic E-state index is 12.4. The van der Waals surface area contributed by atoms with E-state index in [4.69, 9.17) is 4.74 Å². The average Bonchev–Trinajstić information content (AvgIpc) is 2.68. The fourth-order valence-corrected chi connectivity index (χ4v) is 3.19. The molecule has 4 nitrogen and oxygen atoms in total. The second-order valence-electron chi connectivity index (χ2n) is 6.03. The van der Waals surface area contributed by atoms with Crippen LogP contribution in [0.4, 0.5) is 5.69 Å². The van der Waals surface area contributed by atoms with Crippen molar-refractivity contribution in [1.82, 2.24) is 0 Å². The standard InChI is InChI=1S/C22H18BrNO3/c1-16-7-5-6-8-17(16)14-24(15-25)18-11-12-20(21(23)13-18)22(26)27-19-9-3-2-4-10-19/h2-13,15H,14H2,1H3. The van der Waals surface area contributed by atoms with Crippen molar-refractivity contribution in [2.45, 2.75) is 13.5 Å². The number of amides is 1. The molecular weight excluding hydrogens is 406 g/mol. The van der Waals surface area contributed by atoms with Gasteiger partial charge in [-0.25, -0.2) is 4.79 Å². The Morgan fingerprint density at radius 1 is 1.04 bits per heavy atom. The van der Waals surface area contributed by atoms with Crippen molar-refractivity contribution in [1.29, 1.82) is 0 Å². The van der Waals surface area contributed by atoms with E-state index in [1.54, 1.807) is 47.4 Å². The van der Waals surface area contributed by atoms with Gasteiger partial charge in [0.25, 0.3) is 0 Å². The fraction of sp³-hybridized carbons (Fsp3) is 0.0909. The highest BCUT2D eigenvalue weighted by molar-refractivity contribution is 9.10. The Labute approximate surface area is 166 Å². The van der Waals surface area contributed by atoms with Crippen LogP contribution >= 0.6 is 15.9 Å². The van der Waals surface area contributed by atoms with Crippen LogP contribution in [0.3, 0.4) is 0 Å². The first kappa shape index (κ1) is 18.9. The first-order chi connectivity index (χ1) is 13.1. The lowest BCUT2D eigenvalue weighted by Gasteiger charge is -2.19. The highest BCUT2D eigenvalue weighted by Gasteiger charge is 2.15. The molecule has 0 saturated heterocycles. The number of aryl methyl sites for hydroxylation is 1. The molecule has 27 heavy (non-hydrogen) atoms. The first-order valence-corrected chi connectivity index (χ1v) is 9.21. The molecule has 0 aliphatic carbocycles. The number of ether oxygens (including phenoxy) is 1. The van der Waals surface area contributed by atoms with Gasteiger partial charge in [-0.3, -0.25) is 4.79 Å². The van der Waals surface area contributed by atoms with Gasteiger partial charge >= 0.3 is 5.97 Å². The van der Waals surface area contributed by atoms with Gasteiger partial charge in [-0.15, -0.1) is 0 Å². The summed E-state index contributed by atoms with van der Waals surface area (Å²) < 4.78 is 5.93. The zero-order valence-electron chi connectivity index (χ0n) is 14.8. The largest absolute Gasteiger partial charge is 0.423 e. The number of hydrogen-bond acceptors (Lipinski definition) is 3. The van der Waals surface area contributed by atoms with Gasteiger partial charge in [0.05, 0.1) is 12.1 Å². The lowest BCUT2D eigenvalue weighted by Crippen LogP contribution is -2.21. The number of halogens is 1. The Bertz CT molecular complexity index is 957. The monoisotopic (exact) mass is 423 g/mol. The number of rotatable bonds is 6. The molecule has 0 unspecified atom stereocenters. The second kappa shape index (κ2) is 8.64. The summed E-state index contributed by atoms with van der Waals surface area (Å²) in [4.78, 5) is 25.6. The van der Waals surface area contributed by atoms with Crippen LogP contribution < -0.4 is 9.64 Å². The lowest BCUT2D eigenvalue weighted by molar-refractivity contribution is -0.107. The van der Waals surface area contributed by atoms with Gasteiger partial charge in [-0.1, -0.05) is 42.5 Å². The molecule has 0 radical (unpaired) electrons. The van der Waals surface area contributed by atoms with Crippen LogP contribution in [-0.4, -0.2) is 12.4 Å². The maximum absolute atomic E-state index is 12.4. The Morgan fingerprint density at radius 2 is 1.74 bits per heavy atom. The van der Waals surface area contributed by atoms with Gasteiger partial charge in [0.2, 0.25) is 6.41 Å². The van der Waals surface area contributed by atoms with Crippen LogP contribution in [0.25, 0.3) is 0 Å². The van der Waals surface area contributed by atoms with Crippen molar-refractivity contribution >= 4 is 34.0 Å². The van der Waals surface area contributed by atoms with E-state index in [-0.39, 0.29) is 0 Å². The smallest absolute Gasteiger partial charge is 0.344 e. The van der Waals surface area contributed by atoms with Crippen LogP contribution in [0.1, 0.15) is 21.5 Å². The minimum atomic E-state index is -0.462. The van der Waals surface area contributed by atoms with Crippen LogP contribution in [-0.2, 0) is 11.3 Å². The van der Waals surface area contributed by atoms with Crippen LogP contribution in [0.5, 0.6) is 5.75 Å². The summed E-state index contributed by atoms with van der Waals surface area (Å²) in [6.07, 6.45) is 0.788. The molecule has 3 aromatic carbocycles. The molecule has 0 atom stereocenters. The van der Waals surface area contributed by atoms with Crippen molar-refractivity contribution < 1.29 is 14.3 Å². The highest BCUT2D eigenvalue weighted by Crippen LogP contribution is 2.26. The van der Waals surface area contributed by atoms with Gasteiger partial charge in [-0.2, -0.15) is 0 Å². The summed E-state index contributed by atoms with van der Waals surface area (Å²) in [5.41, 5.74) is 3.26. The number of nitrogens with zero attached hydrogens (tertiary/aromatic N) is 1. The van der Waals surface area contributed by atoms with Crippen LogP contribution in [0.15, 0.2) is 77.3 Å². The minimum Gasteiger partial charge on any atom is -0.423 e. The first-order valence-electron chi connectivity index (χ1n) is 8.41. The number of hydrogen-bond donors (Lipinski definition) is 0. The summed E-state index contributed by atoms with van der Waals surface area (Å²) in [6.45, 7) is 2.47. The normalized spacial score (nSPS) is 10.3. The van der Waals surface area contributed by atoms with Crippen LogP contribution in [0.2, 0.25) is 0 Å². The predicted molar refractivity (Wildman–Crippen MR) is 109 cm³/mol. The molecule has 1 amide bonds. The van der Waals surface area contributed by atoms with E-state index in [0.717, 1.165) is 17.5 Å². The molecule has 0 aliphatic heterocycles. The minimum absolute atomic E-state index is 0.393. The number of para-hydroxylation sites is 1. The molecule has 0 fully saturated rings. The summed E-state index contributed by atoms with van der Waals surface area (Å²) >= 11 is 3.42. The van der Waals surface area contributed by atoms with Crippen LogP contribution in [0, 0.1) is 6.92 Å². The summed E-state index contributed by atoms with van der Waals surface area (Å²) in [6, 6.07) is 21.9. The van der Waals surface area contributed by atoms with Gasteiger partial charge in [0, 0.05) is 10.2 Å². The Kier molecular flexibility index (Phi) is 6.04. The molecular formula is C22H18BrNO3. The highest BCUT2D eigenvalue weighted by atomic mass is 79.9. The third-order valence-electron chi connectivity index (χ3n) is 4.19. The van der Waals surface area contributed by atoms with E-state index in [1.165, 1.54) is 0 Å². The lowest BCUT2D eigenvalue weighted by atomic mass is 10.1. The molecule has 0 N–H and O–H groups in total. The second-order valence-corrected chi connectivity index (χ2v) is 6.88. The number of anilines is 1. The van der Waals surface area contributed by atoms with E-state index in [1.807, 2.05) is 37.3 Å². The molecule has 5 heteroatoms. The zero-order valence-corrected chi connectivity index (χ0v) is 16.3. The van der Waals surface area contributed by atoms with Crippen molar-refractivity contribution in [3.63, 3.8) is 0 Å². The molecule has 3 rings (SSSR count). The fourth-order valence-electron chi connectivity index (χ4n) is 2.66. The van der Waals surface area contributed by atoms with Gasteiger partial charge in [-0.05, 0) is 64.3 Å². The van der Waals surface area contributed by atoms with Gasteiger partial charge in [0.15, 0.2) is 0 Å². The summed E-state index contributed by atoms with van der Waals surface area (Å²) in [5, 5.41) is 0. The van der Waals surface area contributed by atoms with E-state index in [2.05, 4.69) is 15.9 Å². The SMILES string of the molecule is Cc1ccccc1CN(C=O)c1ccc(C(=O)Oc2ccccc2)c(Br)c1. The number of carbonyl (C=O) groups is 2.